The molecule has 1 heterocycles. The van der Waals surface area contributed by atoms with Gasteiger partial charge in [-0.3, -0.25) is 19.3 Å². The first kappa shape index (κ1) is 20.2. The number of anilines is 1. The second kappa shape index (κ2) is 9.08. The zero-order chi connectivity index (χ0) is 20.1. The molecular formula is C21H28N2O5. The highest BCUT2D eigenvalue weighted by atomic mass is 16.5. The second-order valence-electron chi connectivity index (χ2n) is 7.69. The number of amides is 2. The summed E-state index contributed by atoms with van der Waals surface area (Å²) in [5, 5.41) is 8.79. The van der Waals surface area contributed by atoms with Crippen LogP contribution in [0.4, 0.5) is 5.69 Å². The Kier molecular flexibility index (Phi) is 6.54. The number of rotatable bonds is 9. The molecule has 2 aliphatic rings. The molecule has 1 fully saturated rings. The number of nitrogen functional groups attached to an aromatic ring is 1. The first-order valence-corrected chi connectivity index (χ1v) is 10.1. The van der Waals surface area contributed by atoms with Gasteiger partial charge in [0.05, 0.1) is 29.8 Å². The lowest BCUT2D eigenvalue weighted by Crippen LogP contribution is -2.31. The summed E-state index contributed by atoms with van der Waals surface area (Å²) < 4.78 is 5.77. The molecule has 1 aromatic carbocycles. The number of nitrogens with zero attached hydrogens (tertiary/aromatic N) is 1. The van der Waals surface area contributed by atoms with E-state index in [2.05, 4.69) is 0 Å². The molecule has 0 radical (unpaired) electrons. The number of hydrogen-bond acceptors (Lipinski definition) is 5. The number of carbonyl (C=O) groups excluding carboxylic acids is 2. The summed E-state index contributed by atoms with van der Waals surface area (Å²) in [5.74, 6) is -0.819. The third kappa shape index (κ3) is 4.64. The van der Waals surface area contributed by atoms with Crippen molar-refractivity contribution < 1.29 is 24.2 Å². The highest BCUT2D eigenvalue weighted by Crippen LogP contribution is 2.32. The fraction of sp³-hybridized carbons (Fsp3) is 0.571. The maximum atomic E-state index is 12.5. The van der Waals surface area contributed by atoms with Gasteiger partial charge in [0.25, 0.3) is 11.8 Å². The van der Waals surface area contributed by atoms with E-state index in [0.29, 0.717) is 18.0 Å². The van der Waals surface area contributed by atoms with E-state index in [4.69, 9.17) is 15.6 Å². The predicted molar refractivity (Wildman–Crippen MR) is 104 cm³/mol. The summed E-state index contributed by atoms with van der Waals surface area (Å²) in [4.78, 5) is 36.5. The number of imide groups is 1. The molecule has 0 spiro atoms. The third-order valence-electron chi connectivity index (χ3n) is 5.64. The third-order valence-corrected chi connectivity index (χ3v) is 5.64. The van der Waals surface area contributed by atoms with Crippen molar-refractivity contribution in [3.63, 3.8) is 0 Å². The molecule has 2 amide bonds. The Morgan fingerprint density at radius 1 is 1.11 bits per heavy atom. The normalized spacial score (nSPS) is 17.1. The highest BCUT2D eigenvalue weighted by Gasteiger charge is 2.36. The lowest BCUT2D eigenvalue weighted by Gasteiger charge is -2.21. The molecule has 1 saturated carbocycles. The molecule has 0 bridgehead atoms. The Bertz CT molecular complexity index is 755. The first-order valence-electron chi connectivity index (χ1n) is 10.1. The van der Waals surface area contributed by atoms with Crippen LogP contribution in [0.5, 0.6) is 5.75 Å². The van der Waals surface area contributed by atoms with Crippen molar-refractivity contribution in [2.75, 3.05) is 18.9 Å². The van der Waals surface area contributed by atoms with Crippen molar-refractivity contribution in [2.24, 2.45) is 5.92 Å². The fourth-order valence-electron chi connectivity index (χ4n) is 4.06. The van der Waals surface area contributed by atoms with E-state index in [1.165, 1.54) is 50.7 Å². The number of nitrogens with two attached hydrogens (primary N) is 1. The van der Waals surface area contributed by atoms with E-state index in [1.54, 1.807) is 0 Å². The highest BCUT2D eigenvalue weighted by molar-refractivity contribution is 6.22. The number of aliphatic carboxylic acids is 1. The van der Waals surface area contributed by atoms with E-state index in [-0.39, 0.29) is 24.1 Å². The number of carboxylic acid groups (broad SMARTS) is 1. The van der Waals surface area contributed by atoms with Gasteiger partial charge in [-0.05, 0) is 30.9 Å². The molecule has 152 valence electrons. The van der Waals surface area contributed by atoms with Crippen molar-refractivity contribution >= 4 is 23.5 Å². The lowest BCUT2D eigenvalue weighted by molar-refractivity contribution is -0.137. The minimum Gasteiger partial charge on any atom is -0.491 e. The molecule has 0 aromatic heterocycles. The van der Waals surface area contributed by atoms with Gasteiger partial charge >= 0.3 is 5.97 Å². The maximum Gasteiger partial charge on any atom is 0.305 e. The van der Waals surface area contributed by atoms with Crippen LogP contribution in [0.2, 0.25) is 0 Å². The van der Waals surface area contributed by atoms with Gasteiger partial charge in [-0.2, -0.15) is 0 Å². The van der Waals surface area contributed by atoms with Crippen molar-refractivity contribution in [3.05, 3.63) is 23.3 Å². The number of carbonyl (C=O) groups is 3. The summed E-state index contributed by atoms with van der Waals surface area (Å²) in [7, 11) is 0. The quantitative estimate of drug-likeness (QED) is 0.381. The van der Waals surface area contributed by atoms with E-state index in [1.807, 2.05) is 0 Å². The van der Waals surface area contributed by atoms with Gasteiger partial charge in [0.15, 0.2) is 0 Å². The molecule has 0 atom stereocenters. The average molecular weight is 388 g/mol. The summed E-state index contributed by atoms with van der Waals surface area (Å²) in [6.45, 7) is 0.361. The molecule has 1 aliphatic heterocycles. The smallest absolute Gasteiger partial charge is 0.305 e. The van der Waals surface area contributed by atoms with E-state index in [0.717, 1.165) is 23.7 Å². The van der Waals surface area contributed by atoms with Crippen molar-refractivity contribution in [1.29, 1.82) is 0 Å². The Balaban J connectivity index is 1.54. The molecule has 0 unspecified atom stereocenters. The Morgan fingerprint density at radius 3 is 2.46 bits per heavy atom. The van der Waals surface area contributed by atoms with Crippen LogP contribution in [0, 0.1) is 5.92 Å². The molecule has 1 aromatic rings. The van der Waals surface area contributed by atoms with E-state index in [9.17, 15) is 14.4 Å². The second-order valence-corrected chi connectivity index (χ2v) is 7.69. The molecule has 28 heavy (non-hydrogen) atoms. The van der Waals surface area contributed by atoms with Crippen molar-refractivity contribution in [1.82, 2.24) is 4.90 Å². The number of benzene rings is 1. The standard InChI is InChI=1S/C21H28N2O5/c22-17-12-15-16(21(27)23(20(15)26)10-9-19(24)25)13-18(17)28-11-5-4-8-14-6-2-1-3-7-14/h12-14H,1-11,22H2,(H,24,25). The van der Waals surface area contributed by atoms with Crippen LogP contribution >= 0.6 is 0 Å². The number of carboxylic acids is 1. The molecule has 3 N–H and O–H groups in total. The van der Waals surface area contributed by atoms with Gasteiger partial charge in [-0.1, -0.05) is 38.5 Å². The van der Waals surface area contributed by atoms with Crippen molar-refractivity contribution in [3.8, 4) is 5.75 Å². The molecule has 7 nitrogen and oxygen atoms in total. The van der Waals surface area contributed by atoms with Crippen molar-refractivity contribution in [2.45, 2.75) is 57.8 Å². The zero-order valence-electron chi connectivity index (χ0n) is 16.1. The Morgan fingerprint density at radius 2 is 1.79 bits per heavy atom. The maximum absolute atomic E-state index is 12.5. The van der Waals surface area contributed by atoms with Gasteiger partial charge < -0.3 is 15.6 Å². The van der Waals surface area contributed by atoms with E-state index >= 15 is 0 Å². The van der Waals surface area contributed by atoms with Gasteiger partial charge in [0, 0.05) is 6.54 Å². The van der Waals surface area contributed by atoms with Gasteiger partial charge in [-0.15, -0.1) is 0 Å². The minimum atomic E-state index is -1.06. The van der Waals surface area contributed by atoms with Crippen LogP contribution in [0.15, 0.2) is 12.1 Å². The Labute approximate surface area is 164 Å². The van der Waals surface area contributed by atoms with Gasteiger partial charge in [-0.25, -0.2) is 0 Å². The van der Waals surface area contributed by atoms with Crippen LogP contribution in [0.3, 0.4) is 0 Å². The molecular weight excluding hydrogens is 360 g/mol. The number of hydrogen-bond donors (Lipinski definition) is 2. The van der Waals surface area contributed by atoms with Crippen LogP contribution in [-0.4, -0.2) is 40.9 Å². The van der Waals surface area contributed by atoms with E-state index < -0.39 is 17.8 Å². The predicted octanol–water partition coefficient (Wildman–Crippen LogP) is 3.47. The average Bonchev–Trinajstić information content (AvgIpc) is 2.90. The van der Waals surface area contributed by atoms with Gasteiger partial charge in [0.2, 0.25) is 0 Å². The first-order chi connectivity index (χ1) is 13.5. The van der Waals surface area contributed by atoms with Crippen LogP contribution < -0.4 is 10.5 Å². The lowest BCUT2D eigenvalue weighted by atomic mass is 9.86. The van der Waals surface area contributed by atoms with Crippen LogP contribution in [-0.2, 0) is 4.79 Å². The summed E-state index contributed by atoms with van der Waals surface area (Å²) >= 11 is 0. The Hall–Kier alpha value is -2.57. The molecule has 1 aliphatic carbocycles. The fourth-order valence-corrected chi connectivity index (χ4v) is 4.06. The molecule has 3 rings (SSSR count). The number of ether oxygens (including phenoxy) is 1. The topological polar surface area (TPSA) is 110 Å². The zero-order valence-corrected chi connectivity index (χ0v) is 16.1. The molecule has 7 heteroatoms. The summed E-state index contributed by atoms with van der Waals surface area (Å²) in [6, 6.07) is 2.96. The number of unbranched alkanes of at least 4 members (excludes halogenated alkanes) is 1. The molecule has 0 saturated heterocycles. The summed E-state index contributed by atoms with van der Waals surface area (Å²) in [6.07, 6.45) is 9.72. The van der Waals surface area contributed by atoms with Crippen LogP contribution in [0.1, 0.15) is 78.5 Å². The SMILES string of the molecule is Nc1cc2c(cc1OCCCCC1CCCCC1)C(=O)N(CCC(=O)O)C2=O. The summed E-state index contributed by atoms with van der Waals surface area (Å²) in [5.41, 5.74) is 6.74. The largest absolute Gasteiger partial charge is 0.491 e. The van der Waals surface area contributed by atoms with Crippen LogP contribution in [0.25, 0.3) is 0 Å². The van der Waals surface area contributed by atoms with Gasteiger partial charge in [0.1, 0.15) is 5.75 Å². The minimum absolute atomic E-state index is 0.154. The monoisotopic (exact) mass is 388 g/mol. The number of fused-ring (bicyclic) bond motifs is 1.